The molecule has 0 aromatic heterocycles. The number of halogens is 1. The van der Waals surface area contributed by atoms with E-state index < -0.39 is 0 Å². The zero-order valence-corrected chi connectivity index (χ0v) is 8.22. The quantitative estimate of drug-likeness (QED) is 0.763. The molecule has 2 heteroatoms. The van der Waals surface area contributed by atoms with Gasteiger partial charge in [0, 0.05) is 4.47 Å². The second-order valence-electron chi connectivity index (χ2n) is 2.68. The van der Waals surface area contributed by atoms with Gasteiger partial charge in [-0.25, -0.2) is 0 Å². The summed E-state index contributed by atoms with van der Waals surface area (Å²) in [7, 11) is 0. The Balaban J connectivity index is 3.09. The van der Waals surface area contributed by atoms with E-state index in [1.54, 1.807) is 6.92 Å². The summed E-state index contributed by atoms with van der Waals surface area (Å²) in [4.78, 5) is 0. The van der Waals surface area contributed by atoms with Gasteiger partial charge in [-0.15, -0.1) is 0 Å². The molecule has 0 spiro atoms. The maximum atomic E-state index is 9.28. The molecule has 60 valence electrons. The first-order valence-corrected chi connectivity index (χ1v) is 4.34. The Hall–Kier alpha value is -0.340. The van der Waals surface area contributed by atoms with Crippen LogP contribution in [0, 0.1) is 6.92 Å². The van der Waals surface area contributed by atoms with Crippen LogP contribution < -0.4 is 0 Å². The zero-order chi connectivity index (χ0) is 8.43. The third-order valence-corrected chi connectivity index (χ3v) is 2.18. The summed E-state index contributed by atoms with van der Waals surface area (Å²) >= 11 is 3.36. The van der Waals surface area contributed by atoms with E-state index in [4.69, 9.17) is 0 Å². The highest BCUT2D eigenvalue weighted by molar-refractivity contribution is 9.10. The van der Waals surface area contributed by atoms with E-state index in [1.807, 2.05) is 25.1 Å². The van der Waals surface area contributed by atoms with Crippen LogP contribution in [0.3, 0.4) is 0 Å². The van der Waals surface area contributed by atoms with E-state index in [9.17, 15) is 5.11 Å². The molecule has 0 amide bonds. The average molecular weight is 215 g/mol. The lowest BCUT2D eigenvalue weighted by atomic mass is 10.1. The van der Waals surface area contributed by atoms with Gasteiger partial charge in [-0.1, -0.05) is 22.0 Å². The first kappa shape index (κ1) is 8.75. The molecule has 1 aromatic rings. The van der Waals surface area contributed by atoms with Crippen LogP contribution in [0.2, 0.25) is 0 Å². The summed E-state index contributed by atoms with van der Waals surface area (Å²) < 4.78 is 1.06. The lowest BCUT2D eigenvalue weighted by Gasteiger charge is -2.07. The summed E-state index contributed by atoms with van der Waals surface area (Å²) in [6.07, 6.45) is -0.372. The van der Waals surface area contributed by atoms with Crippen molar-refractivity contribution in [3.05, 3.63) is 33.8 Å². The number of hydrogen-bond donors (Lipinski definition) is 1. The normalized spacial score (nSPS) is 13.1. The first-order chi connectivity index (χ1) is 5.11. The summed E-state index contributed by atoms with van der Waals surface area (Å²) in [5.41, 5.74) is 2.11. The highest BCUT2D eigenvalue weighted by Crippen LogP contribution is 2.20. The van der Waals surface area contributed by atoms with E-state index in [1.165, 1.54) is 0 Å². The van der Waals surface area contributed by atoms with Gasteiger partial charge >= 0.3 is 0 Å². The van der Waals surface area contributed by atoms with Gasteiger partial charge < -0.3 is 5.11 Å². The topological polar surface area (TPSA) is 20.2 Å². The van der Waals surface area contributed by atoms with Gasteiger partial charge in [0.15, 0.2) is 0 Å². The molecule has 0 saturated heterocycles. The molecule has 11 heavy (non-hydrogen) atoms. The van der Waals surface area contributed by atoms with Crippen LogP contribution in [-0.4, -0.2) is 5.11 Å². The molecule has 1 N–H and O–H groups in total. The summed E-state index contributed by atoms with van der Waals surface area (Å²) in [6, 6.07) is 5.88. The summed E-state index contributed by atoms with van der Waals surface area (Å²) in [6.45, 7) is 3.77. The van der Waals surface area contributed by atoms with Gasteiger partial charge in [-0.3, -0.25) is 0 Å². The number of rotatable bonds is 1. The van der Waals surface area contributed by atoms with Crippen molar-refractivity contribution in [3.63, 3.8) is 0 Å². The molecule has 1 atom stereocenters. The molecule has 0 saturated carbocycles. The van der Waals surface area contributed by atoms with Gasteiger partial charge in [-0.2, -0.15) is 0 Å². The van der Waals surface area contributed by atoms with E-state index in [0.29, 0.717) is 0 Å². The predicted molar refractivity (Wildman–Crippen MR) is 49.5 cm³/mol. The van der Waals surface area contributed by atoms with Gasteiger partial charge in [0.1, 0.15) is 0 Å². The van der Waals surface area contributed by atoms with Crippen LogP contribution in [-0.2, 0) is 0 Å². The SMILES string of the molecule is Cc1cc(Br)ccc1[C@H](C)O. The van der Waals surface area contributed by atoms with Crippen LogP contribution in [0.5, 0.6) is 0 Å². The van der Waals surface area contributed by atoms with E-state index in [2.05, 4.69) is 15.9 Å². The van der Waals surface area contributed by atoms with Crippen molar-refractivity contribution in [2.24, 2.45) is 0 Å². The second-order valence-corrected chi connectivity index (χ2v) is 3.59. The molecule has 0 unspecified atom stereocenters. The maximum Gasteiger partial charge on any atom is 0.0764 e. The highest BCUT2D eigenvalue weighted by Gasteiger charge is 2.03. The minimum atomic E-state index is -0.372. The highest BCUT2D eigenvalue weighted by atomic mass is 79.9. The minimum absolute atomic E-state index is 0.372. The molecule has 0 aliphatic heterocycles. The van der Waals surface area contributed by atoms with Crippen molar-refractivity contribution >= 4 is 15.9 Å². The zero-order valence-electron chi connectivity index (χ0n) is 6.63. The Labute approximate surface area is 75.2 Å². The Kier molecular flexibility index (Phi) is 2.68. The molecule has 0 bridgehead atoms. The predicted octanol–water partition coefficient (Wildman–Crippen LogP) is 2.81. The minimum Gasteiger partial charge on any atom is -0.389 e. The van der Waals surface area contributed by atoms with Crippen LogP contribution in [0.1, 0.15) is 24.2 Å². The van der Waals surface area contributed by atoms with Crippen molar-refractivity contribution in [2.45, 2.75) is 20.0 Å². The van der Waals surface area contributed by atoms with Gasteiger partial charge in [0.25, 0.3) is 0 Å². The largest absolute Gasteiger partial charge is 0.389 e. The fourth-order valence-electron chi connectivity index (χ4n) is 1.11. The number of aliphatic hydroxyl groups is 1. The molecule has 0 radical (unpaired) electrons. The summed E-state index contributed by atoms with van der Waals surface area (Å²) in [5, 5.41) is 9.28. The number of aliphatic hydroxyl groups excluding tert-OH is 1. The Morgan fingerprint density at radius 1 is 1.45 bits per heavy atom. The van der Waals surface area contributed by atoms with Crippen LogP contribution in [0.4, 0.5) is 0 Å². The third kappa shape index (κ3) is 2.04. The maximum absolute atomic E-state index is 9.28. The Morgan fingerprint density at radius 3 is 2.55 bits per heavy atom. The lowest BCUT2D eigenvalue weighted by Crippen LogP contribution is -1.93. The second kappa shape index (κ2) is 3.37. The van der Waals surface area contributed by atoms with Crippen molar-refractivity contribution in [1.82, 2.24) is 0 Å². The molecule has 1 aromatic carbocycles. The molecule has 0 fully saturated rings. The molecular formula is C9H11BrO. The van der Waals surface area contributed by atoms with Crippen molar-refractivity contribution in [1.29, 1.82) is 0 Å². The van der Waals surface area contributed by atoms with Crippen LogP contribution >= 0.6 is 15.9 Å². The average Bonchev–Trinajstić information content (AvgIpc) is 1.85. The Bertz CT molecular complexity index is 256. The molecule has 1 rings (SSSR count). The fraction of sp³-hybridized carbons (Fsp3) is 0.333. The van der Waals surface area contributed by atoms with E-state index >= 15 is 0 Å². The van der Waals surface area contributed by atoms with Crippen molar-refractivity contribution < 1.29 is 5.11 Å². The van der Waals surface area contributed by atoms with Gasteiger partial charge in [0.2, 0.25) is 0 Å². The first-order valence-electron chi connectivity index (χ1n) is 3.55. The molecular weight excluding hydrogens is 204 g/mol. The van der Waals surface area contributed by atoms with Crippen LogP contribution in [0.15, 0.2) is 22.7 Å². The smallest absolute Gasteiger partial charge is 0.0764 e. The van der Waals surface area contributed by atoms with Crippen LogP contribution in [0.25, 0.3) is 0 Å². The molecule has 0 aliphatic carbocycles. The van der Waals surface area contributed by atoms with Gasteiger partial charge in [0.05, 0.1) is 6.10 Å². The van der Waals surface area contributed by atoms with Crippen molar-refractivity contribution in [3.8, 4) is 0 Å². The molecule has 0 heterocycles. The summed E-state index contributed by atoms with van der Waals surface area (Å²) in [5.74, 6) is 0. The number of hydrogen-bond acceptors (Lipinski definition) is 1. The number of aryl methyl sites for hydroxylation is 1. The van der Waals surface area contributed by atoms with Gasteiger partial charge in [-0.05, 0) is 37.1 Å². The fourth-order valence-corrected chi connectivity index (χ4v) is 1.58. The lowest BCUT2D eigenvalue weighted by molar-refractivity contribution is 0.198. The molecule has 1 nitrogen and oxygen atoms in total. The van der Waals surface area contributed by atoms with Crippen molar-refractivity contribution in [2.75, 3.05) is 0 Å². The van der Waals surface area contributed by atoms with E-state index in [0.717, 1.165) is 15.6 Å². The standard InChI is InChI=1S/C9H11BrO/c1-6-5-8(10)3-4-9(6)7(2)11/h3-5,7,11H,1-2H3/t7-/m0/s1. The Morgan fingerprint density at radius 2 is 2.09 bits per heavy atom. The molecule has 0 aliphatic rings. The monoisotopic (exact) mass is 214 g/mol. The van der Waals surface area contributed by atoms with E-state index in [-0.39, 0.29) is 6.10 Å². The number of benzene rings is 1. The third-order valence-electron chi connectivity index (χ3n) is 1.68.